The van der Waals surface area contributed by atoms with Crippen LogP contribution in [-0.4, -0.2) is 51.7 Å². The minimum atomic E-state index is 0.0905. The normalized spacial score (nSPS) is 22.5. The van der Waals surface area contributed by atoms with Gasteiger partial charge in [-0.1, -0.05) is 12.8 Å². The lowest BCUT2D eigenvalue weighted by Gasteiger charge is -2.30. The van der Waals surface area contributed by atoms with Crippen molar-refractivity contribution in [3.05, 3.63) is 0 Å². The van der Waals surface area contributed by atoms with E-state index in [1.807, 2.05) is 0 Å². The molecule has 0 aliphatic heterocycles. The highest BCUT2D eigenvalue weighted by Gasteiger charge is 2.36. The van der Waals surface area contributed by atoms with Gasteiger partial charge in [0.05, 0.1) is 32.0 Å². The van der Waals surface area contributed by atoms with Crippen molar-refractivity contribution in [3.63, 3.8) is 0 Å². The summed E-state index contributed by atoms with van der Waals surface area (Å²) in [6.45, 7) is 3.72. The van der Waals surface area contributed by atoms with Gasteiger partial charge >= 0.3 is 0 Å². The molecule has 0 bridgehead atoms. The Hall–Kier alpha value is -0.160. The highest BCUT2D eigenvalue weighted by molar-refractivity contribution is 4.92. The molecule has 0 heterocycles. The Labute approximate surface area is 110 Å². The number of nitrogens with one attached hydrogen (secondary N) is 1. The lowest BCUT2D eigenvalue weighted by atomic mass is 10.0. The summed E-state index contributed by atoms with van der Waals surface area (Å²) in [7, 11) is 1.69. The van der Waals surface area contributed by atoms with E-state index in [9.17, 15) is 0 Å². The van der Waals surface area contributed by atoms with Crippen LogP contribution >= 0.6 is 0 Å². The zero-order valence-electron chi connectivity index (χ0n) is 11.6. The first-order chi connectivity index (χ1) is 8.85. The van der Waals surface area contributed by atoms with Gasteiger partial charge < -0.3 is 19.5 Å². The molecule has 0 aromatic rings. The number of hydrogen-bond donors (Lipinski definition) is 1. The molecule has 0 unspecified atom stereocenters. The lowest BCUT2D eigenvalue weighted by Crippen LogP contribution is -2.42. The van der Waals surface area contributed by atoms with Crippen molar-refractivity contribution >= 4 is 0 Å². The van der Waals surface area contributed by atoms with Crippen molar-refractivity contribution in [2.75, 3.05) is 40.1 Å². The van der Waals surface area contributed by atoms with Crippen molar-refractivity contribution in [2.24, 2.45) is 0 Å². The molecule has 0 spiro atoms. The average molecular weight is 257 g/mol. The first-order valence-electron chi connectivity index (χ1n) is 7.29. The quantitative estimate of drug-likeness (QED) is 0.605. The van der Waals surface area contributed by atoms with Crippen LogP contribution in [0.1, 0.15) is 38.5 Å². The topological polar surface area (TPSA) is 39.7 Å². The monoisotopic (exact) mass is 257 g/mol. The van der Waals surface area contributed by atoms with E-state index in [4.69, 9.17) is 14.2 Å². The van der Waals surface area contributed by atoms with Crippen LogP contribution in [0.3, 0.4) is 0 Å². The van der Waals surface area contributed by atoms with Crippen molar-refractivity contribution in [3.8, 4) is 0 Å². The van der Waals surface area contributed by atoms with E-state index in [1.165, 1.54) is 38.5 Å². The summed E-state index contributed by atoms with van der Waals surface area (Å²) in [5.41, 5.74) is 0.0905. The first kappa shape index (κ1) is 14.3. The van der Waals surface area contributed by atoms with Gasteiger partial charge in [0.25, 0.3) is 0 Å². The van der Waals surface area contributed by atoms with Crippen LogP contribution in [-0.2, 0) is 14.2 Å². The van der Waals surface area contributed by atoms with Crippen molar-refractivity contribution in [1.82, 2.24) is 5.32 Å². The molecular formula is C14H27NO3. The fourth-order valence-electron chi connectivity index (χ4n) is 2.57. The molecule has 2 saturated carbocycles. The van der Waals surface area contributed by atoms with Gasteiger partial charge in [0.1, 0.15) is 0 Å². The zero-order valence-corrected chi connectivity index (χ0v) is 11.6. The van der Waals surface area contributed by atoms with Crippen LogP contribution in [0.15, 0.2) is 0 Å². The Balaban J connectivity index is 1.59. The van der Waals surface area contributed by atoms with Crippen molar-refractivity contribution in [2.45, 2.75) is 50.2 Å². The second-order valence-corrected chi connectivity index (χ2v) is 5.50. The molecule has 0 aromatic carbocycles. The van der Waals surface area contributed by atoms with E-state index >= 15 is 0 Å². The van der Waals surface area contributed by atoms with E-state index in [0.29, 0.717) is 26.4 Å². The number of ether oxygens (including phenoxy) is 3. The third-order valence-corrected chi connectivity index (χ3v) is 3.87. The number of hydrogen-bond acceptors (Lipinski definition) is 4. The van der Waals surface area contributed by atoms with E-state index in [2.05, 4.69) is 5.32 Å². The molecular weight excluding hydrogens is 230 g/mol. The Kier molecular flexibility index (Phi) is 5.89. The Morgan fingerprint density at radius 2 is 1.78 bits per heavy atom. The third-order valence-electron chi connectivity index (χ3n) is 3.87. The average Bonchev–Trinajstić information content (AvgIpc) is 3.11. The van der Waals surface area contributed by atoms with Gasteiger partial charge in [-0.15, -0.1) is 0 Å². The molecule has 2 fully saturated rings. The van der Waals surface area contributed by atoms with Crippen molar-refractivity contribution in [1.29, 1.82) is 0 Å². The fourth-order valence-corrected chi connectivity index (χ4v) is 2.57. The summed E-state index contributed by atoms with van der Waals surface area (Å²) in [5, 5.41) is 3.61. The second-order valence-electron chi connectivity index (χ2n) is 5.50. The van der Waals surface area contributed by atoms with E-state index in [-0.39, 0.29) is 5.60 Å². The maximum atomic E-state index is 6.12. The summed E-state index contributed by atoms with van der Waals surface area (Å²) >= 11 is 0. The van der Waals surface area contributed by atoms with Crippen LogP contribution in [0.5, 0.6) is 0 Å². The van der Waals surface area contributed by atoms with Crippen molar-refractivity contribution < 1.29 is 14.2 Å². The summed E-state index contributed by atoms with van der Waals surface area (Å²) in [4.78, 5) is 0. The molecule has 0 atom stereocenters. The van der Waals surface area contributed by atoms with Crippen LogP contribution in [0.4, 0.5) is 0 Å². The Morgan fingerprint density at radius 3 is 2.44 bits per heavy atom. The summed E-state index contributed by atoms with van der Waals surface area (Å²) in [5.74, 6) is 0. The van der Waals surface area contributed by atoms with Gasteiger partial charge in [0.2, 0.25) is 0 Å². The second kappa shape index (κ2) is 7.43. The van der Waals surface area contributed by atoms with Crippen LogP contribution in [0, 0.1) is 0 Å². The van der Waals surface area contributed by atoms with Gasteiger partial charge in [-0.3, -0.25) is 0 Å². The smallest absolute Gasteiger partial charge is 0.0807 e. The third kappa shape index (κ3) is 4.84. The standard InChI is InChI=1S/C14H27NO3/c1-16-8-9-17-10-11-18-14(6-2-3-7-14)12-15-13-4-5-13/h13,15H,2-12H2,1H3. The van der Waals surface area contributed by atoms with E-state index in [1.54, 1.807) is 7.11 Å². The lowest BCUT2D eigenvalue weighted by molar-refractivity contribution is -0.0660. The highest BCUT2D eigenvalue weighted by atomic mass is 16.5. The molecule has 0 saturated heterocycles. The molecule has 0 aromatic heterocycles. The molecule has 18 heavy (non-hydrogen) atoms. The first-order valence-corrected chi connectivity index (χ1v) is 7.29. The largest absolute Gasteiger partial charge is 0.382 e. The van der Waals surface area contributed by atoms with Gasteiger partial charge in [0.15, 0.2) is 0 Å². The molecule has 2 aliphatic carbocycles. The van der Waals surface area contributed by atoms with E-state index in [0.717, 1.165) is 12.6 Å². The summed E-state index contributed by atoms with van der Waals surface area (Å²) in [6, 6.07) is 0.768. The van der Waals surface area contributed by atoms with E-state index < -0.39 is 0 Å². The Bertz CT molecular complexity index is 225. The van der Waals surface area contributed by atoms with Gasteiger partial charge in [0, 0.05) is 19.7 Å². The predicted molar refractivity (Wildman–Crippen MR) is 70.9 cm³/mol. The molecule has 0 amide bonds. The molecule has 2 aliphatic rings. The molecule has 0 radical (unpaired) electrons. The fraction of sp³-hybridized carbons (Fsp3) is 1.00. The minimum absolute atomic E-state index is 0.0905. The number of methoxy groups -OCH3 is 1. The SMILES string of the molecule is COCCOCCOC1(CNC2CC2)CCCC1. The predicted octanol–water partition coefficient (Wildman–Crippen LogP) is 1.73. The Morgan fingerprint density at radius 1 is 1.06 bits per heavy atom. The minimum Gasteiger partial charge on any atom is -0.382 e. The number of rotatable bonds is 10. The molecule has 2 rings (SSSR count). The molecule has 4 heteroatoms. The van der Waals surface area contributed by atoms with Gasteiger partial charge in [-0.05, 0) is 25.7 Å². The summed E-state index contributed by atoms with van der Waals surface area (Å²) < 4.78 is 16.5. The summed E-state index contributed by atoms with van der Waals surface area (Å²) in [6.07, 6.45) is 7.69. The highest BCUT2D eigenvalue weighted by Crippen LogP contribution is 2.33. The van der Waals surface area contributed by atoms with Crippen LogP contribution in [0.25, 0.3) is 0 Å². The zero-order chi connectivity index (χ0) is 12.7. The van der Waals surface area contributed by atoms with Gasteiger partial charge in [-0.25, -0.2) is 0 Å². The molecule has 1 N–H and O–H groups in total. The molecule has 4 nitrogen and oxygen atoms in total. The van der Waals surface area contributed by atoms with Gasteiger partial charge in [-0.2, -0.15) is 0 Å². The maximum Gasteiger partial charge on any atom is 0.0807 e. The maximum absolute atomic E-state index is 6.12. The van der Waals surface area contributed by atoms with Crippen LogP contribution < -0.4 is 5.32 Å². The molecule has 106 valence electrons. The van der Waals surface area contributed by atoms with Crippen LogP contribution in [0.2, 0.25) is 0 Å².